The average Bonchev–Trinajstić information content (AvgIpc) is 2.37. The molecule has 0 aliphatic carbocycles. The van der Waals surface area contributed by atoms with E-state index in [1.807, 2.05) is 6.07 Å². The lowest BCUT2D eigenvalue weighted by Gasteiger charge is -2.06. The summed E-state index contributed by atoms with van der Waals surface area (Å²) < 4.78 is 0. The summed E-state index contributed by atoms with van der Waals surface area (Å²) in [6, 6.07) is 8.30. The lowest BCUT2D eigenvalue weighted by molar-refractivity contribution is 1.08. The Morgan fingerprint density at radius 2 is 2.17 bits per heavy atom. The van der Waals surface area contributed by atoms with Gasteiger partial charge >= 0.3 is 0 Å². The summed E-state index contributed by atoms with van der Waals surface area (Å²) in [6.45, 7) is 2.78. The van der Waals surface area contributed by atoms with Crippen molar-refractivity contribution in [2.75, 3.05) is 5.32 Å². The highest BCUT2D eigenvalue weighted by molar-refractivity contribution is 7.80. The van der Waals surface area contributed by atoms with Crippen LogP contribution in [0.3, 0.4) is 0 Å². The fourth-order valence-corrected chi connectivity index (χ4v) is 1.67. The first-order chi connectivity index (χ1) is 8.65. The van der Waals surface area contributed by atoms with Crippen molar-refractivity contribution in [2.45, 2.75) is 13.5 Å². The van der Waals surface area contributed by atoms with Gasteiger partial charge in [0.05, 0.1) is 12.4 Å². The minimum absolute atomic E-state index is 0.257. The zero-order valence-electron chi connectivity index (χ0n) is 10.1. The second-order valence-electron chi connectivity index (χ2n) is 3.99. The van der Waals surface area contributed by atoms with Crippen LogP contribution in [-0.4, -0.2) is 15.0 Å². The molecule has 1 aromatic heterocycles. The number of hydrogen-bond acceptors (Lipinski definition) is 4. The minimum atomic E-state index is 0.257. The number of nitrogens with one attached hydrogen (secondary N) is 1. The molecule has 0 saturated carbocycles. The molecule has 3 N–H and O–H groups in total. The fourth-order valence-electron chi connectivity index (χ4n) is 1.56. The smallest absolute Gasteiger partial charge is 0.144 e. The molecule has 92 valence electrons. The molecule has 18 heavy (non-hydrogen) atoms. The third kappa shape index (κ3) is 3.24. The van der Waals surface area contributed by atoms with Gasteiger partial charge in [0.2, 0.25) is 0 Å². The van der Waals surface area contributed by atoms with Gasteiger partial charge in [0, 0.05) is 6.54 Å². The van der Waals surface area contributed by atoms with Crippen LogP contribution in [0.1, 0.15) is 16.8 Å². The molecular formula is C13H14N4S. The van der Waals surface area contributed by atoms with Crippen molar-refractivity contribution in [1.29, 1.82) is 0 Å². The van der Waals surface area contributed by atoms with Gasteiger partial charge in [-0.25, -0.2) is 9.97 Å². The molecule has 2 rings (SSSR count). The monoisotopic (exact) mass is 258 g/mol. The summed E-state index contributed by atoms with van der Waals surface area (Å²) in [5.41, 5.74) is 8.43. The molecular weight excluding hydrogens is 244 g/mol. The van der Waals surface area contributed by atoms with Gasteiger partial charge in [0.15, 0.2) is 0 Å². The quantitative estimate of drug-likeness (QED) is 0.822. The summed E-state index contributed by atoms with van der Waals surface area (Å²) in [6.07, 6.45) is 3.20. The van der Waals surface area contributed by atoms with Crippen LogP contribution in [0.15, 0.2) is 36.7 Å². The molecule has 0 fully saturated rings. The predicted molar refractivity (Wildman–Crippen MR) is 76.4 cm³/mol. The molecule has 1 aromatic carbocycles. The Labute approximate surface area is 111 Å². The molecule has 0 aliphatic heterocycles. The number of nitrogens with zero attached hydrogens (tertiary/aromatic N) is 2. The molecule has 5 heteroatoms. The zero-order chi connectivity index (χ0) is 13.0. The lowest BCUT2D eigenvalue weighted by Crippen LogP contribution is -2.12. The van der Waals surface area contributed by atoms with E-state index < -0.39 is 0 Å². The Morgan fingerprint density at radius 3 is 2.78 bits per heavy atom. The highest BCUT2D eigenvalue weighted by Gasteiger charge is 2.00. The van der Waals surface area contributed by atoms with Gasteiger partial charge in [-0.05, 0) is 12.5 Å². The predicted octanol–water partition coefficient (Wildman–Crippen LogP) is 2.03. The van der Waals surface area contributed by atoms with E-state index in [9.17, 15) is 0 Å². The van der Waals surface area contributed by atoms with Crippen LogP contribution >= 0.6 is 12.2 Å². The van der Waals surface area contributed by atoms with Gasteiger partial charge in [-0.2, -0.15) is 0 Å². The molecule has 0 bridgehead atoms. The lowest BCUT2D eigenvalue weighted by atomic mass is 10.1. The first-order valence-electron chi connectivity index (χ1n) is 5.56. The molecule has 0 atom stereocenters. The van der Waals surface area contributed by atoms with E-state index in [-0.39, 0.29) is 4.99 Å². The average molecular weight is 258 g/mol. The highest BCUT2D eigenvalue weighted by atomic mass is 32.1. The minimum Gasteiger partial charge on any atom is -0.388 e. The number of hydrogen-bond donors (Lipinski definition) is 2. The summed E-state index contributed by atoms with van der Waals surface area (Å²) in [5, 5.41) is 3.20. The molecule has 0 unspecified atom stereocenters. The van der Waals surface area contributed by atoms with Crippen molar-refractivity contribution in [2.24, 2.45) is 5.73 Å². The second kappa shape index (κ2) is 5.55. The maximum absolute atomic E-state index is 5.45. The van der Waals surface area contributed by atoms with Crippen LogP contribution in [0.4, 0.5) is 5.82 Å². The van der Waals surface area contributed by atoms with Crippen molar-refractivity contribution in [1.82, 2.24) is 9.97 Å². The summed E-state index contributed by atoms with van der Waals surface area (Å²) in [5.74, 6) is 0.705. The van der Waals surface area contributed by atoms with Crippen molar-refractivity contribution < 1.29 is 0 Å². The topological polar surface area (TPSA) is 63.8 Å². The number of aromatic nitrogens is 2. The van der Waals surface area contributed by atoms with Crippen LogP contribution in [0.25, 0.3) is 0 Å². The van der Waals surface area contributed by atoms with Crippen molar-refractivity contribution in [3.05, 3.63) is 53.5 Å². The van der Waals surface area contributed by atoms with Gasteiger partial charge < -0.3 is 11.1 Å². The molecule has 0 saturated heterocycles. The van der Waals surface area contributed by atoms with Crippen molar-refractivity contribution >= 4 is 23.0 Å². The van der Waals surface area contributed by atoms with E-state index in [1.54, 1.807) is 12.4 Å². The fraction of sp³-hybridized carbons (Fsp3) is 0.154. The van der Waals surface area contributed by atoms with Crippen LogP contribution in [-0.2, 0) is 6.54 Å². The summed E-state index contributed by atoms with van der Waals surface area (Å²) >= 11 is 4.82. The second-order valence-corrected chi connectivity index (χ2v) is 4.43. The van der Waals surface area contributed by atoms with Crippen molar-refractivity contribution in [3.63, 3.8) is 0 Å². The first-order valence-corrected chi connectivity index (χ1v) is 5.97. The van der Waals surface area contributed by atoms with Gasteiger partial charge in [-0.1, -0.05) is 42.0 Å². The number of nitrogens with two attached hydrogens (primary N) is 1. The maximum atomic E-state index is 5.45. The van der Waals surface area contributed by atoms with Crippen molar-refractivity contribution in [3.8, 4) is 0 Å². The Bertz CT molecular complexity index is 551. The highest BCUT2D eigenvalue weighted by Crippen LogP contribution is 2.07. The van der Waals surface area contributed by atoms with Crippen LogP contribution in [0.2, 0.25) is 0 Å². The number of anilines is 1. The molecule has 0 spiro atoms. The van der Waals surface area contributed by atoms with Crippen LogP contribution < -0.4 is 11.1 Å². The Hall–Kier alpha value is -2.01. The molecule has 0 aliphatic rings. The van der Waals surface area contributed by atoms with E-state index in [1.165, 1.54) is 11.1 Å². The largest absolute Gasteiger partial charge is 0.388 e. The molecule has 0 amide bonds. The number of thiocarbonyl (C=S) groups is 1. The van der Waals surface area contributed by atoms with Crippen LogP contribution in [0, 0.1) is 6.92 Å². The van der Waals surface area contributed by atoms with E-state index in [2.05, 4.69) is 40.4 Å². The van der Waals surface area contributed by atoms with E-state index in [0.717, 1.165) is 0 Å². The summed E-state index contributed by atoms with van der Waals surface area (Å²) in [4.78, 5) is 8.57. The number of aryl methyl sites for hydroxylation is 1. The molecule has 4 nitrogen and oxygen atoms in total. The van der Waals surface area contributed by atoms with Gasteiger partial charge in [-0.15, -0.1) is 0 Å². The van der Waals surface area contributed by atoms with Crippen LogP contribution in [0.5, 0.6) is 0 Å². The first kappa shape index (κ1) is 12.4. The normalized spacial score (nSPS) is 10.1. The maximum Gasteiger partial charge on any atom is 0.144 e. The molecule has 1 heterocycles. The van der Waals surface area contributed by atoms with E-state index in [0.29, 0.717) is 18.1 Å². The van der Waals surface area contributed by atoms with E-state index in [4.69, 9.17) is 18.0 Å². The van der Waals surface area contributed by atoms with Gasteiger partial charge in [-0.3, -0.25) is 0 Å². The summed E-state index contributed by atoms with van der Waals surface area (Å²) in [7, 11) is 0. The Morgan fingerprint density at radius 1 is 1.33 bits per heavy atom. The molecule has 2 aromatic rings. The standard InChI is InChI=1S/C13H14N4S/c1-9-3-2-4-10(5-9)6-16-12-8-15-11(7-17-12)13(14)18/h2-5,7-8H,6H2,1H3,(H2,14,18)(H,16,17). The zero-order valence-corrected chi connectivity index (χ0v) is 10.9. The van der Waals surface area contributed by atoms with E-state index >= 15 is 0 Å². The Balaban J connectivity index is 2.00. The Kier molecular flexibility index (Phi) is 3.84. The van der Waals surface area contributed by atoms with Gasteiger partial charge in [0.1, 0.15) is 16.5 Å². The third-order valence-electron chi connectivity index (χ3n) is 2.46. The SMILES string of the molecule is Cc1cccc(CNc2cnc(C(N)=S)cn2)c1. The third-order valence-corrected chi connectivity index (χ3v) is 2.67. The molecule has 0 radical (unpaired) electrons. The number of rotatable bonds is 4. The van der Waals surface area contributed by atoms with Gasteiger partial charge in [0.25, 0.3) is 0 Å². The number of benzene rings is 1.